The number of carboxylic acid groups (broad SMARTS) is 1. The van der Waals surface area contributed by atoms with Crippen LogP contribution < -0.4 is 5.73 Å². The van der Waals surface area contributed by atoms with Gasteiger partial charge in [-0.2, -0.15) is 0 Å². The number of carboxylic acids is 1. The van der Waals surface area contributed by atoms with E-state index in [2.05, 4.69) is 4.98 Å². The van der Waals surface area contributed by atoms with Crippen LogP contribution in [-0.2, 0) is 4.79 Å². The molecule has 1 unspecified atom stereocenters. The monoisotopic (exact) mass is 236 g/mol. The van der Waals surface area contributed by atoms with Gasteiger partial charge < -0.3 is 15.8 Å². The van der Waals surface area contributed by atoms with Crippen molar-refractivity contribution in [1.29, 1.82) is 0 Å². The van der Waals surface area contributed by atoms with Crippen molar-refractivity contribution in [2.75, 3.05) is 6.54 Å². The number of fused-ring (bicyclic) bond motifs is 1. The largest absolute Gasteiger partial charge is 0.481 e. The summed E-state index contributed by atoms with van der Waals surface area (Å²) in [6, 6.07) is 4.61. The third-order valence-electron chi connectivity index (χ3n) is 2.89. The molecule has 0 saturated carbocycles. The first-order valence-electron chi connectivity index (χ1n) is 5.25. The minimum absolute atomic E-state index is 0.0581. The Hall–Kier alpha value is -1.88. The van der Waals surface area contributed by atoms with E-state index in [9.17, 15) is 9.18 Å². The van der Waals surface area contributed by atoms with Crippen molar-refractivity contribution in [2.45, 2.75) is 12.8 Å². The fourth-order valence-electron chi connectivity index (χ4n) is 2.14. The topological polar surface area (TPSA) is 79.1 Å². The Morgan fingerprint density at radius 3 is 2.88 bits per heavy atom. The van der Waals surface area contributed by atoms with Crippen LogP contribution in [0.4, 0.5) is 4.39 Å². The SMILES string of the molecule is Cc1[nH]c2cccc(F)c2c1C(CN)C(=O)O. The number of rotatable bonds is 3. The van der Waals surface area contributed by atoms with Crippen molar-refractivity contribution in [3.63, 3.8) is 0 Å². The maximum atomic E-state index is 13.8. The fraction of sp³-hybridized carbons (Fsp3) is 0.250. The molecule has 0 aliphatic carbocycles. The van der Waals surface area contributed by atoms with Gasteiger partial charge in [-0.25, -0.2) is 4.39 Å². The van der Waals surface area contributed by atoms with Gasteiger partial charge in [0.05, 0.1) is 5.92 Å². The van der Waals surface area contributed by atoms with Gasteiger partial charge in [-0.05, 0) is 24.6 Å². The number of carbonyl (C=O) groups is 1. The first-order chi connectivity index (χ1) is 8.06. The van der Waals surface area contributed by atoms with E-state index >= 15 is 0 Å². The minimum atomic E-state index is -1.04. The number of aromatic amines is 1. The highest BCUT2D eigenvalue weighted by Crippen LogP contribution is 2.30. The number of hydrogen-bond acceptors (Lipinski definition) is 2. The zero-order valence-corrected chi connectivity index (χ0v) is 9.33. The van der Waals surface area contributed by atoms with Crippen LogP contribution in [0.2, 0.25) is 0 Å². The molecule has 0 saturated heterocycles. The minimum Gasteiger partial charge on any atom is -0.481 e. The summed E-state index contributed by atoms with van der Waals surface area (Å²) in [4.78, 5) is 14.1. The third kappa shape index (κ3) is 1.78. The van der Waals surface area contributed by atoms with Crippen LogP contribution in [0.1, 0.15) is 17.2 Å². The number of halogens is 1. The molecule has 0 aliphatic rings. The summed E-state index contributed by atoms with van der Waals surface area (Å²) in [5.74, 6) is -2.36. The van der Waals surface area contributed by atoms with Crippen molar-refractivity contribution in [3.8, 4) is 0 Å². The molecule has 1 heterocycles. The van der Waals surface area contributed by atoms with Crippen LogP contribution in [0.15, 0.2) is 18.2 Å². The van der Waals surface area contributed by atoms with Gasteiger partial charge in [0.2, 0.25) is 0 Å². The number of aliphatic carboxylic acids is 1. The lowest BCUT2D eigenvalue weighted by molar-refractivity contribution is -0.138. The van der Waals surface area contributed by atoms with Crippen LogP contribution in [0, 0.1) is 12.7 Å². The van der Waals surface area contributed by atoms with E-state index < -0.39 is 17.7 Å². The molecule has 1 aromatic carbocycles. The van der Waals surface area contributed by atoms with Crippen molar-refractivity contribution in [3.05, 3.63) is 35.3 Å². The van der Waals surface area contributed by atoms with Crippen LogP contribution in [0.25, 0.3) is 10.9 Å². The predicted octanol–water partition coefficient (Wildman–Crippen LogP) is 1.74. The molecule has 1 aromatic heterocycles. The number of H-pyrrole nitrogens is 1. The van der Waals surface area contributed by atoms with E-state index in [0.717, 1.165) is 0 Å². The Kier molecular flexibility index (Phi) is 2.85. The summed E-state index contributed by atoms with van der Waals surface area (Å²) in [6.45, 7) is 1.66. The lowest BCUT2D eigenvalue weighted by atomic mass is 9.96. The number of hydrogen-bond donors (Lipinski definition) is 3. The molecule has 4 N–H and O–H groups in total. The summed E-state index contributed by atoms with van der Waals surface area (Å²) >= 11 is 0. The number of aromatic nitrogens is 1. The van der Waals surface area contributed by atoms with Gasteiger partial charge in [0.25, 0.3) is 0 Å². The van der Waals surface area contributed by atoms with Gasteiger partial charge in [-0.1, -0.05) is 6.07 Å². The van der Waals surface area contributed by atoms with E-state index in [1.54, 1.807) is 19.1 Å². The number of aryl methyl sites for hydroxylation is 1. The normalized spacial score (nSPS) is 12.9. The van der Waals surface area contributed by atoms with Gasteiger partial charge >= 0.3 is 5.97 Å². The Bertz CT molecular complexity index is 577. The second kappa shape index (κ2) is 4.18. The van der Waals surface area contributed by atoms with Crippen molar-refractivity contribution in [2.24, 2.45) is 5.73 Å². The van der Waals surface area contributed by atoms with Gasteiger partial charge in [0.1, 0.15) is 5.82 Å². The van der Waals surface area contributed by atoms with Crippen molar-refractivity contribution >= 4 is 16.9 Å². The molecule has 5 heteroatoms. The molecule has 0 amide bonds. The molecule has 0 spiro atoms. The van der Waals surface area contributed by atoms with E-state index in [1.807, 2.05) is 0 Å². The Balaban J connectivity index is 2.75. The highest BCUT2D eigenvalue weighted by Gasteiger charge is 2.25. The molecule has 17 heavy (non-hydrogen) atoms. The van der Waals surface area contributed by atoms with Crippen LogP contribution >= 0.6 is 0 Å². The summed E-state index contributed by atoms with van der Waals surface area (Å²) in [5, 5.41) is 9.43. The molecule has 0 aliphatic heterocycles. The van der Waals surface area contributed by atoms with E-state index in [1.165, 1.54) is 6.07 Å². The van der Waals surface area contributed by atoms with Gasteiger partial charge in [0.15, 0.2) is 0 Å². The number of benzene rings is 1. The first-order valence-corrected chi connectivity index (χ1v) is 5.25. The zero-order valence-electron chi connectivity index (χ0n) is 9.33. The van der Waals surface area contributed by atoms with Crippen molar-refractivity contribution in [1.82, 2.24) is 4.98 Å². The second-order valence-electron chi connectivity index (χ2n) is 3.95. The van der Waals surface area contributed by atoms with Crippen molar-refractivity contribution < 1.29 is 14.3 Å². The summed E-state index contributed by atoms with van der Waals surface area (Å²) < 4.78 is 13.8. The first kappa shape index (κ1) is 11.6. The maximum Gasteiger partial charge on any atom is 0.312 e. The third-order valence-corrected chi connectivity index (χ3v) is 2.89. The maximum absolute atomic E-state index is 13.8. The summed E-state index contributed by atoms with van der Waals surface area (Å²) in [7, 11) is 0. The van der Waals surface area contributed by atoms with E-state index in [-0.39, 0.29) is 6.54 Å². The van der Waals surface area contributed by atoms with E-state index in [0.29, 0.717) is 22.2 Å². The molecule has 2 aromatic rings. The van der Waals surface area contributed by atoms with Gasteiger partial charge in [-0.15, -0.1) is 0 Å². The molecule has 0 fully saturated rings. The lowest BCUT2D eigenvalue weighted by Gasteiger charge is -2.10. The van der Waals surface area contributed by atoms with Crippen LogP contribution in [0.3, 0.4) is 0 Å². The lowest BCUT2D eigenvalue weighted by Crippen LogP contribution is -2.21. The van der Waals surface area contributed by atoms with Gasteiger partial charge in [0, 0.05) is 23.1 Å². The number of nitrogens with two attached hydrogens (primary N) is 1. The molecule has 0 bridgehead atoms. The highest BCUT2D eigenvalue weighted by molar-refractivity contribution is 5.91. The van der Waals surface area contributed by atoms with Crippen LogP contribution in [-0.4, -0.2) is 22.6 Å². The Morgan fingerprint density at radius 2 is 2.29 bits per heavy atom. The molecule has 2 rings (SSSR count). The molecule has 4 nitrogen and oxygen atoms in total. The smallest absolute Gasteiger partial charge is 0.312 e. The average molecular weight is 236 g/mol. The number of nitrogens with one attached hydrogen (secondary N) is 1. The second-order valence-corrected chi connectivity index (χ2v) is 3.95. The predicted molar refractivity (Wildman–Crippen MR) is 62.4 cm³/mol. The Labute approximate surface area is 97.2 Å². The fourth-order valence-corrected chi connectivity index (χ4v) is 2.14. The molecule has 1 atom stereocenters. The average Bonchev–Trinajstić information content (AvgIpc) is 2.58. The molecular weight excluding hydrogens is 223 g/mol. The van der Waals surface area contributed by atoms with E-state index in [4.69, 9.17) is 10.8 Å². The highest BCUT2D eigenvalue weighted by atomic mass is 19.1. The Morgan fingerprint density at radius 1 is 1.59 bits per heavy atom. The zero-order chi connectivity index (χ0) is 12.6. The molecular formula is C12H13FN2O2. The summed E-state index contributed by atoms with van der Waals surface area (Å²) in [6.07, 6.45) is 0. The van der Waals surface area contributed by atoms with Gasteiger partial charge in [-0.3, -0.25) is 4.79 Å². The standard InChI is InChI=1S/C12H13FN2O2/c1-6-10(7(5-14)12(16)17)11-8(13)3-2-4-9(11)15-6/h2-4,7,15H,5,14H2,1H3,(H,16,17). The quantitative estimate of drug-likeness (QED) is 0.759. The van der Waals surface area contributed by atoms with Crippen LogP contribution in [0.5, 0.6) is 0 Å². The molecule has 90 valence electrons. The summed E-state index contributed by atoms with van der Waals surface area (Å²) in [5.41, 5.74) is 7.13. The molecule has 0 radical (unpaired) electrons.